The van der Waals surface area contributed by atoms with Gasteiger partial charge in [-0.05, 0) is 56.4 Å². The standard InChI is InChI=1S/C26H30N4O2/c1-18-8-6-11-22(27-18)26-25-20(19-9-2-3-10-21(19)28-25)14-17-30(26)24(32)13-7-16-29-15-5-4-12-23(29)31/h2-3,6,8-11,26,28H,4-5,7,12-17H2,1H3/t26-/m0/s1. The maximum absolute atomic E-state index is 13.4. The maximum atomic E-state index is 13.4. The van der Waals surface area contributed by atoms with Gasteiger partial charge in [-0.1, -0.05) is 24.3 Å². The van der Waals surface area contributed by atoms with Gasteiger partial charge in [0.15, 0.2) is 0 Å². The van der Waals surface area contributed by atoms with E-state index in [1.54, 1.807) is 0 Å². The van der Waals surface area contributed by atoms with E-state index in [0.29, 0.717) is 32.4 Å². The summed E-state index contributed by atoms with van der Waals surface area (Å²) in [6, 6.07) is 14.2. The number of aryl methyl sites for hydroxylation is 1. The second-order valence-electron chi connectivity index (χ2n) is 8.95. The van der Waals surface area contributed by atoms with Crippen LogP contribution in [0.2, 0.25) is 0 Å². The summed E-state index contributed by atoms with van der Waals surface area (Å²) in [5, 5.41) is 1.23. The highest BCUT2D eigenvalue weighted by Gasteiger charge is 2.35. The lowest BCUT2D eigenvalue weighted by atomic mass is 9.94. The van der Waals surface area contributed by atoms with Crippen LogP contribution in [-0.4, -0.2) is 51.2 Å². The number of aromatic nitrogens is 2. The van der Waals surface area contributed by atoms with Crippen molar-refractivity contribution in [3.8, 4) is 0 Å². The Hall–Kier alpha value is -3.15. The first-order valence-electron chi connectivity index (χ1n) is 11.7. The lowest BCUT2D eigenvalue weighted by Crippen LogP contribution is -2.41. The molecule has 0 unspecified atom stereocenters. The number of hydrogen-bond acceptors (Lipinski definition) is 3. The normalized spacial score (nSPS) is 18.8. The molecule has 6 nitrogen and oxygen atoms in total. The Labute approximate surface area is 188 Å². The van der Waals surface area contributed by atoms with E-state index in [1.165, 1.54) is 10.9 Å². The first-order valence-corrected chi connectivity index (χ1v) is 11.7. The van der Waals surface area contributed by atoms with E-state index in [2.05, 4.69) is 23.2 Å². The van der Waals surface area contributed by atoms with Gasteiger partial charge in [0.25, 0.3) is 0 Å². The van der Waals surface area contributed by atoms with Crippen LogP contribution in [0, 0.1) is 6.92 Å². The van der Waals surface area contributed by atoms with Crippen LogP contribution in [0.25, 0.3) is 10.9 Å². The Morgan fingerprint density at radius 1 is 1.09 bits per heavy atom. The summed E-state index contributed by atoms with van der Waals surface area (Å²) in [5.41, 5.74) is 5.32. The SMILES string of the molecule is Cc1cccc([C@H]2c3[nH]c4ccccc4c3CCN2C(=O)CCCN2CCCCC2=O)n1. The zero-order valence-corrected chi connectivity index (χ0v) is 18.6. The van der Waals surface area contributed by atoms with Crippen molar-refractivity contribution in [1.29, 1.82) is 0 Å². The van der Waals surface area contributed by atoms with Gasteiger partial charge < -0.3 is 14.8 Å². The Bertz CT molecular complexity index is 1150. The number of carbonyl (C=O) groups excluding carboxylic acids is 2. The number of carbonyl (C=O) groups is 2. The number of benzene rings is 1. The molecule has 1 fully saturated rings. The smallest absolute Gasteiger partial charge is 0.223 e. The molecule has 2 aliphatic heterocycles. The first-order chi connectivity index (χ1) is 15.6. The van der Waals surface area contributed by atoms with Crippen LogP contribution in [0.5, 0.6) is 0 Å². The molecule has 2 aromatic heterocycles. The number of piperidine rings is 1. The fourth-order valence-electron chi connectivity index (χ4n) is 5.20. The van der Waals surface area contributed by atoms with Gasteiger partial charge in [-0.3, -0.25) is 14.6 Å². The van der Waals surface area contributed by atoms with Crippen LogP contribution in [-0.2, 0) is 16.0 Å². The molecule has 0 aliphatic carbocycles. The highest BCUT2D eigenvalue weighted by Crippen LogP contribution is 2.38. The maximum Gasteiger partial charge on any atom is 0.223 e. The van der Waals surface area contributed by atoms with E-state index in [0.717, 1.165) is 48.4 Å². The minimum Gasteiger partial charge on any atom is -0.356 e. The van der Waals surface area contributed by atoms with Crippen LogP contribution < -0.4 is 0 Å². The number of amides is 2. The molecule has 1 aromatic carbocycles. The van der Waals surface area contributed by atoms with Crippen molar-refractivity contribution in [2.24, 2.45) is 0 Å². The van der Waals surface area contributed by atoms with E-state index in [1.807, 2.05) is 41.0 Å². The number of fused-ring (bicyclic) bond motifs is 3. The number of para-hydroxylation sites is 1. The summed E-state index contributed by atoms with van der Waals surface area (Å²) < 4.78 is 0. The topological polar surface area (TPSA) is 69.3 Å². The molecule has 166 valence electrons. The molecule has 5 rings (SSSR count). The second-order valence-corrected chi connectivity index (χ2v) is 8.95. The highest BCUT2D eigenvalue weighted by molar-refractivity contribution is 5.86. The molecule has 2 amide bonds. The van der Waals surface area contributed by atoms with Gasteiger partial charge in [0.1, 0.15) is 6.04 Å². The van der Waals surface area contributed by atoms with Crippen molar-refractivity contribution >= 4 is 22.7 Å². The van der Waals surface area contributed by atoms with E-state index >= 15 is 0 Å². The van der Waals surface area contributed by atoms with Gasteiger partial charge in [-0.25, -0.2) is 0 Å². The molecule has 1 atom stereocenters. The number of rotatable bonds is 5. The van der Waals surface area contributed by atoms with Crippen molar-refractivity contribution in [2.75, 3.05) is 19.6 Å². The average molecular weight is 431 g/mol. The van der Waals surface area contributed by atoms with Crippen LogP contribution in [0.3, 0.4) is 0 Å². The van der Waals surface area contributed by atoms with Crippen molar-refractivity contribution < 1.29 is 9.59 Å². The van der Waals surface area contributed by atoms with Gasteiger partial charge in [-0.2, -0.15) is 0 Å². The van der Waals surface area contributed by atoms with Crippen LogP contribution in [0.4, 0.5) is 0 Å². The molecule has 4 heterocycles. The van der Waals surface area contributed by atoms with E-state index < -0.39 is 0 Å². The monoisotopic (exact) mass is 430 g/mol. The molecular weight excluding hydrogens is 400 g/mol. The Kier molecular flexibility index (Phi) is 5.68. The Morgan fingerprint density at radius 3 is 2.81 bits per heavy atom. The number of nitrogens with zero attached hydrogens (tertiary/aromatic N) is 3. The van der Waals surface area contributed by atoms with Crippen molar-refractivity contribution in [2.45, 2.75) is 51.5 Å². The molecule has 3 aromatic rings. The minimum atomic E-state index is -0.213. The quantitative estimate of drug-likeness (QED) is 0.661. The predicted molar refractivity (Wildman–Crippen MR) is 124 cm³/mol. The van der Waals surface area contributed by atoms with Gasteiger partial charge >= 0.3 is 0 Å². The molecule has 2 aliphatic rings. The van der Waals surface area contributed by atoms with Gasteiger partial charge in [0, 0.05) is 54.8 Å². The summed E-state index contributed by atoms with van der Waals surface area (Å²) in [7, 11) is 0. The number of likely N-dealkylation sites (tertiary alicyclic amines) is 1. The molecule has 1 N–H and O–H groups in total. The minimum absolute atomic E-state index is 0.132. The third-order valence-electron chi connectivity index (χ3n) is 6.78. The van der Waals surface area contributed by atoms with Gasteiger partial charge in [0.2, 0.25) is 11.8 Å². The Balaban J connectivity index is 1.40. The number of H-pyrrole nitrogens is 1. The lowest BCUT2D eigenvalue weighted by molar-refractivity contribution is -0.136. The van der Waals surface area contributed by atoms with Gasteiger partial charge in [0.05, 0.1) is 5.69 Å². The molecule has 1 saturated heterocycles. The number of nitrogens with one attached hydrogen (secondary N) is 1. The molecular formula is C26H30N4O2. The third-order valence-corrected chi connectivity index (χ3v) is 6.78. The fourth-order valence-corrected chi connectivity index (χ4v) is 5.20. The molecule has 6 heteroatoms. The fraction of sp³-hybridized carbons (Fsp3) is 0.423. The largest absolute Gasteiger partial charge is 0.356 e. The third kappa shape index (κ3) is 3.90. The molecule has 32 heavy (non-hydrogen) atoms. The van der Waals surface area contributed by atoms with Crippen LogP contribution in [0.15, 0.2) is 42.5 Å². The number of hydrogen-bond donors (Lipinski definition) is 1. The average Bonchev–Trinajstić information content (AvgIpc) is 3.18. The zero-order valence-electron chi connectivity index (χ0n) is 18.6. The number of aromatic amines is 1. The molecule has 0 bridgehead atoms. The summed E-state index contributed by atoms with van der Waals surface area (Å²) in [4.78, 5) is 37.8. The second kappa shape index (κ2) is 8.77. The molecule has 0 saturated carbocycles. The summed E-state index contributed by atoms with van der Waals surface area (Å²) in [6.45, 7) is 4.16. The van der Waals surface area contributed by atoms with Crippen LogP contribution >= 0.6 is 0 Å². The van der Waals surface area contributed by atoms with Crippen molar-refractivity contribution in [1.82, 2.24) is 19.8 Å². The zero-order chi connectivity index (χ0) is 22.1. The first kappa shape index (κ1) is 20.7. The van der Waals surface area contributed by atoms with E-state index in [9.17, 15) is 9.59 Å². The summed E-state index contributed by atoms with van der Waals surface area (Å²) >= 11 is 0. The van der Waals surface area contributed by atoms with Crippen molar-refractivity contribution in [3.05, 3.63) is 65.1 Å². The van der Waals surface area contributed by atoms with Gasteiger partial charge in [-0.15, -0.1) is 0 Å². The summed E-state index contributed by atoms with van der Waals surface area (Å²) in [5.74, 6) is 0.360. The van der Waals surface area contributed by atoms with E-state index in [-0.39, 0.29) is 17.9 Å². The van der Waals surface area contributed by atoms with Crippen LogP contribution in [0.1, 0.15) is 60.8 Å². The Morgan fingerprint density at radius 2 is 1.97 bits per heavy atom. The van der Waals surface area contributed by atoms with E-state index in [4.69, 9.17) is 4.98 Å². The lowest BCUT2D eigenvalue weighted by Gasteiger charge is -2.36. The molecule has 0 radical (unpaired) electrons. The summed E-state index contributed by atoms with van der Waals surface area (Å²) in [6.07, 6.45) is 4.68. The highest BCUT2D eigenvalue weighted by atomic mass is 16.2. The number of pyridine rings is 1. The van der Waals surface area contributed by atoms with Crippen molar-refractivity contribution in [3.63, 3.8) is 0 Å². The predicted octanol–water partition coefficient (Wildman–Crippen LogP) is 4.14. The molecule has 0 spiro atoms.